The number of likely N-dealkylation sites (N-methyl/N-ethyl adjacent to an activating group) is 1. The van der Waals surface area contributed by atoms with Gasteiger partial charge in [-0.15, -0.1) is 0 Å². The fourth-order valence-corrected chi connectivity index (χ4v) is 3.99. The van der Waals surface area contributed by atoms with Gasteiger partial charge in [0.2, 0.25) is 0 Å². The number of anilines is 2. The summed E-state index contributed by atoms with van der Waals surface area (Å²) >= 11 is 0. The van der Waals surface area contributed by atoms with Crippen LogP contribution in [0.1, 0.15) is 24.0 Å². The van der Waals surface area contributed by atoms with E-state index in [4.69, 9.17) is 0 Å². The molecule has 0 atom stereocenters. The van der Waals surface area contributed by atoms with Gasteiger partial charge in [-0.2, -0.15) is 0 Å². The predicted molar refractivity (Wildman–Crippen MR) is 118 cm³/mol. The Labute approximate surface area is 173 Å². The second-order valence-corrected chi connectivity index (χ2v) is 7.88. The molecule has 3 heterocycles. The molecule has 0 amide bonds. The molecule has 0 bridgehead atoms. The summed E-state index contributed by atoms with van der Waals surface area (Å²) in [4.78, 5) is 17.7. The van der Waals surface area contributed by atoms with E-state index in [-0.39, 0.29) is 0 Å². The van der Waals surface area contributed by atoms with E-state index in [9.17, 15) is 0 Å². The van der Waals surface area contributed by atoms with Gasteiger partial charge in [0.15, 0.2) is 0 Å². The predicted octanol–water partition coefficient (Wildman–Crippen LogP) is 4.01. The normalized spacial score (nSPS) is 14.7. The highest BCUT2D eigenvalue weighted by atomic mass is 15.2. The molecule has 1 aliphatic rings. The molecule has 0 N–H and O–H groups in total. The summed E-state index contributed by atoms with van der Waals surface area (Å²) in [6.45, 7) is 3.04. The Morgan fingerprint density at radius 3 is 2.48 bits per heavy atom. The fraction of sp³-hybridized carbons (Fsp3) is 0.375. The zero-order valence-electron chi connectivity index (χ0n) is 17.1. The van der Waals surface area contributed by atoms with Gasteiger partial charge in [0.05, 0.1) is 0 Å². The van der Waals surface area contributed by atoms with Crippen LogP contribution >= 0.6 is 0 Å². The van der Waals surface area contributed by atoms with Crippen LogP contribution in [0.4, 0.5) is 11.6 Å². The van der Waals surface area contributed by atoms with Crippen LogP contribution in [0.25, 0.3) is 0 Å². The van der Waals surface area contributed by atoms with Gasteiger partial charge in [0.25, 0.3) is 0 Å². The van der Waals surface area contributed by atoms with Crippen LogP contribution < -0.4 is 9.80 Å². The first kappa shape index (κ1) is 19.4. The van der Waals surface area contributed by atoms with Gasteiger partial charge in [-0.05, 0) is 54.9 Å². The van der Waals surface area contributed by atoms with Gasteiger partial charge < -0.3 is 9.80 Å². The summed E-state index contributed by atoms with van der Waals surface area (Å²) < 4.78 is 0. The smallest absolute Gasteiger partial charge is 0.134 e. The van der Waals surface area contributed by atoms with E-state index in [0.29, 0.717) is 0 Å². The zero-order chi connectivity index (χ0) is 19.9. The molecular weight excluding hydrogens is 358 g/mol. The second-order valence-electron chi connectivity index (χ2n) is 7.88. The molecule has 5 nitrogen and oxygen atoms in total. The molecule has 0 unspecified atom stereocenters. The first-order valence-corrected chi connectivity index (χ1v) is 10.5. The number of hydrogen-bond donors (Lipinski definition) is 0. The monoisotopic (exact) mass is 387 g/mol. The van der Waals surface area contributed by atoms with Crippen molar-refractivity contribution >= 4 is 11.6 Å². The van der Waals surface area contributed by atoms with E-state index >= 15 is 0 Å². The SMILES string of the molecule is CN(CCc1ccncc1)c1cc(N2CCC(Cc3ccccc3)CC2)ncn1. The molecule has 3 aromatic rings. The highest BCUT2D eigenvalue weighted by Gasteiger charge is 2.21. The van der Waals surface area contributed by atoms with E-state index in [1.807, 2.05) is 12.4 Å². The number of hydrogen-bond acceptors (Lipinski definition) is 5. The summed E-state index contributed by atoms with van der Waals surface area (Å²) in [6, 6.07) is 17.1. The number of piperidine rings is 1. The van der Waals surface area contributed by atoms with Gasteiger partial charge in [-0.1, -0.05) is 30.3 Å². The van der Waals surface area contributed by atoms with Crippen molar-refractivity contribution in [3.8, 4) is 0 Å². The van der Waals surface area contributed by atoms with Crippen LogP contribution in [0.2, 0.25) is 0 Å². The van der Waals surface area contributed by atoms with Crippen molar-refractivity contribution in [3.05, 3.63) is 78.4 Å². The van der Waals surface area contributed by atoms with Crippen LogP contribution in [0.5, 0.6) is 0 Å². The van der Waals surface area contributed by atoms with Crippen LogP contribution in [-0.2, 0) is 12.8 Å². The van der Waals surface area contributed by atoms with Gasteiger partial charge in [-0.3, -0.25) is 4.98 Å². The number of nitrogens with zero attached hydrogens (tertiary/aromatic N) is 5. The lowest BCUT2D eigenvalue weighted by atomic mass is 9.90. The van der Waals surface area contributed by atoms with E-state index in [0.717, 1.165) is 43.6 Å². The quantitative estimate of drug-likeness (QED) is 0.613. The minimum absolute atomic E-state index is 0.762. The third-order valence-electron chi connectivity index (χ3n) is 5.82. The Morgan fingerprint density at radius 2 is 1.72 bits per heavy atom. The lowest BCUT2D eigenvalue weighted by Gasteiger charge is -2.33. The zero-order valence-corrected chi connectivity index (χ0v) is 17.1. The molecule has 29 heavy (non-hydrogen) atoms. The fourth-order valence-electron chi connectivity index (χ4n) is 3.99. The number of aromatic nitrogens is 3. The van der Waals surface area contributed by atoms with E-state index in [1.54, 1.807) is 6.33 Å². The van der Waals surface area contributed by atoms with Crippen LogP contribution in [0.15, 0.2) is 67.3 Å². The first-order valence-electron chi connectivity index (χ1n) is 10.5. The van der Waals surface area contributed by atoms with Crippen molar-refractivity contribution in [2.75, 3.05) is 36.5 Å². The number of benzene rings is 1. The average molecular weight is 388 g/mol. The molecule has 1 aliphatic heterocycles. The Hall–Kier alpha value is -2.95. The summed E-state index contributed by atoms with van der Waals surface area (Å²) in [5.74, 6) is 2.79. The Bertz CT molecular complexity index is 876. The molecule has 2 aromatic heterocycles. The maximum atomic E-state index is 4.55. The lowest BCUT2D eigenvalue weighted by Crippen LogP contribution is -2.35. The summed E-state index contributed by atoms with van der Waals surface area (Å²) in [5, 5.41) is 0. The maximum absolute atomic E-state index is 4.55. The highest BCUT2D eigenvalue weighted by molar-refractivity contribution is 5.50. The summed E-state index contributed by atoms with van der Waals surface area (Å²) in [7, 11) is 2.10. The molecule has 4 rings (SSSR count). The van der Waals surface area contributed by atoms with Crippen LogP contribution in [0, 0.1) is 5.92 Å². The highest BCUT2D eigenvalue weighted by Crippen LogP contribution is 2.26. The molecule has 0 spiro atoms. The maximum Gasteiger partial charge on any atom is 0.134 e. The molecule has 0 aliphatic carbocycles. The Morgan fingerprint density at radius 1 is 0.966 bits per heavy atom. The summed E-state index contributed by atoms with van der Waals surface area (Å²) in [6.07, 6.45) is 9.98. The molecule has 0 saturated carbocycles. The number of pyridine rings is 1. The largest absolute Gasteiger partial charge is 0.359 e. The van der Waals surface area contributed by atoms with E-state index in [1.165, 1.54) is 30.4 Å². The molecule has 5 heteroatoms. The molecular formula is C24H29N5. The molecule has 1 saturated heterocycles. The number of rotatable bonds is 7. The molecule has 1 fully saturated rings. The van der Waals surface area contributed by atoms with Crippen LogP contribution in [-0.4, -0.2) is 41.6 Å². The second kappa shape index (κ2) is 9.50. The van der Waals surface area contributed by atoms with Gasteiger partial charge in [-0.25, -0.2) is 9.97 Å². The molecule has 150 valence electrons. The van der Waals surface area contributed by atoms with Crippen molar-refractivity contribution in [3.63, 3.8) is 0 Å². The standard InChI is InChI=1S/C24H29N5/c1-28(14-9-20-7-12-25-13-8-20)23-18-24(27-19-26-23)29-15-10-22(11-16-29)17-21-5-3-2-4-6-21/h2-8,12-13,18-19,22H,9-11,14-17H2,1H3. The van der Waals surface area contributed by atoms with Crippen molar-refractivity contribution in [2.24, 2.45) is 5.92 Å². The van der Waals surface area contributed by atoms with E-state index < -0.39 is 0 Å². The molecule has 1 aromatic carbocycles. The topological polar surface area (TPSA) is 45.2 Å². The van der Waals surface area contributed by atoms with Crippen molar-refractivity contribution < 1.29 is 0 Å². The van der Waals surface area contributed by atoms with Gasteiger partial charge in [0.1, 0.15) is 18.0 Å². The van der Waals surface area contributed by atoms with Crippen molar-refractivity contribution in [1.82, 2.24) is 15.0 Å². The summed E-state index contributed by atoms with van der Waals surface area (Å²) in [5.41, 5.74) is 2.74. The van der Waals surface area contributed by atoms with Crippen molar-refractivity contribution in [1.29, 1.82) is 0 Å². The third kappa shape index (κ3) is 5.31. The van der Waals surface area contributed by atoms with Crippen LogP contribution in [0.3, 0.4) is 0 Å². The minimum atomic E-state index is 0.762. The van der Waals surface area contributed by atoms with Crippen molar-refractivity contribution in [2.45, 2.75) is 25.7 Å². The first-order chi connectivity index (χ1) is 14.3. The van der Waals surface area contributed by atoms with Gasteiger partial charge >= 0.3 is 0 Å². The van der Waals surface area contributed by atoms with Gasteiger partial charge in [0, 0.05) is 45.1 Å². The Kier molecular flexibility index (Phi) is 6.35. The van der Waals surface area contributed by atoms with E-state index in [2.05, 4.69) is 80.3 Å². The average Bonchev–Trinajstić information content (AvgIpc) is 2.79. The lowest BCUT2D eigenvalue weighted by molar-refractivity contribution is 0.402. The molecule has 0 radical (unpaired) electrons. The third-order valence-corrected chi connectivity index (χ3v) is 5.82. The Balaban J connectivity index is 1.31. The minimum Gasteiger partial charge on any atom is -0.359 e.